The van der Waals surface area contributed by atoms with Gasteiger partial charge in [-0.3, -0.25) is 0 Å². The van der Waals surface area contributed by atoms with Crippen LogP contribution in [0.3, 0.4) is 0 Å². The van der Waals surface area contributed by atoms with E-state index in [4.69, 9.17) is 10.5 Å². The molecule has 106 valence electrons. The Labute approximate surface area is 116 Å². The fourth-order valence-electron chi connectivity index (χ4n) is 2.79. The number of hydrogen-bond acceptors (Lipinski definition) is 3. The van der Waals surface area contributed by atoms with Crippen LogP contribution in [0.4, 0.5) is 11.4 Å². The van der Waals surface area contributed by atoms with Crippen LogP contribution in [-0.2, 0) is 0 Å². The van der Waals surface area contributed by atoms with Crippen molar-refractivity contribution in [2.45, 2.75) is 52.0 Å². The first kappa shape index (κ1) is 14.0. The van der Waals surface area contributed by atoms with Crippen LogP contribution in [-0.4, -0.2) is 12.6 Å². The van der Waals surface area contributed by atoms with Gasteiger partial charge in [-0.25, -0.2) is 0 Å². The van der Waals surface area contributed by atoms with Crippen molar-refractivity contribution in [3.05, 3.63) is 18.2 Å². The minimum absolute atomic E-state index is 0.549. The maximum absolute atomic E-state index is 6.19. The molecule has 1 aliphatic carbocycles. The summed E-state index contributed by atoms with van der Waals surface area (Å²) in [6.45, 7) is 5.15. The highest BCUT2D eigenvalue weighted by Crippen LogP contribution is 2.32. The fraction of sp³-hybridized carbons (Fsp3) is 0.625. The Bertz CT molecular complexity index is 406. The molecule has 0 heterocycles. The lowest BCUT2D eigenvalue weighted by atomic mass is 9.87. The molecule has 3 nitrogen and oxygen atoms in total. The molecule has 1 aromatic carbocycles. The summed E-state index contributed by atoms with van der Waals surface area (Å²) in [6, 6.07) is 6.55. The van der Waals surface area contributed by atoms with Crippen molar-refractivity contribution in [3.63, 3.8) is 0 Å². The lowest BCUT2D eigenvalue weighted by Crippen LogP contribution is -2.26. The first-order chi connectivity index (χ1) is 9.20. The molecule has 0 radical (unpaired) electrons. The molecule has 0 aliphatic heterocycles. The lowest BCUT2D eigenvalue weighted by molar-refractivity contribution is 0.319. The van der Waals surface area contributed by atoms with Crippen LogP contribution >= 0.6 is 0 Å². The van der Waals surface area contributed by atoms with E-state index in [0.29, 0.717) is 12.6 Å². The zero-order valence-corrected chi connectivity index (χ0v) is 12.1. The van der Waals surface area contributed by atoms with Gasteiger partial charge in [0.2, 0.25) is 0 Å². The van der Waals surface area contributed by atoms with Gasteiger partial charge in [-0.1, -0.05) is 32.8 Å². The highest BCUT2D eigenvalue weighted by Gasteiger charge is 2.19. The molecule has 3 N–H and O–H groups in total. The zero-order chi connectivity index (χ0) is 13.7. The third-order valence-corrected chi connectivity index (χ3v) is 3.82. The number of hydrogen-bond donors (Lipinski definition) is 2. The number of benzene rings is 1. The maximum Gasteiger partial charge on any atom is 0.144 e. The molecule has 1 aromatic rings. The van der Waals surface area contributed by atoms with E-state index in [9.17, 15) is 0 Å². The molecule has 0 saturated heterocycles. The number of anilines is 2. The Hall–Kier alpha value is -1.38. The molecule has 2 unspecified atom stereocenters. The van der Waals surface area contributed by atoms with Gasteiger partial charge >= 0.3 is 0 Å². The van der Waals surface area contributed by atoms with Crippen molar-refractivity contribution in [1.82, 2.24) is 0 Å². The van der Waals surface area contributed by atoms with Gasteiger partial charge in [0.25, 0.3) is 0 Å². The van der Waals surface area contributed by atoms with Gasteiger partial charge in [-0.15, -0.1) is 0 Å². The number of para-hydroxylation sites is 1. The normalized spacial score (nSPS) is 23.1. The predicted molar refractivity (Wildman–Crippen MR) is 81.7 cm³/mol. The molecular weight excluding hydrogens is 236 g/mol. The second kappa shape index (κ2) is 6.69. The van der Waals surface area contributed by atoms with E-state index in [1.54, 1.807) is 0 Å². The molecule has 0 spiro atoms. The molecular formula is C16H26N2O. The van der Waals surface area contributed by atoms with E-state index in [1.807, 2.05) is 18.2 Å². The van der Waals surface area contributed by atoms with Gasteiger partial charge in [-0.2, -0.15) is 0 Å². The van der Waals surface area contributed by atoms with Crippen LogP contribution < -0.4 is 15.8 Å². The Morgan fingerprint density at radius 1 is 1.37 bits per heavy atom. The molecule has 19 heavy (non-hydrogen) atoms. The summed E-state index contributed by atoms with van der Waals surface area (Å²) in [6.07, 6.45) is 6.14. The van der Waals surface area contributed by atoms with Crippen LogP contribution in [0, 0.1) is 5.92 Å². The van der Waals surface area contributed by atoms with E-state index >= 15 is 0 Å². The van der Waals surface area contributed by atoms with Gasteiger partial charge in [-0.05, 0) is 37.3 Å². The van der Waals surface area contributed by atoms with Crippen LogP contribution in [0.25, 0.3) is 0 Å². The van der Waals surface area contributed by atoms with Crippen molar-refractivity contribution >= 4 is 11.4 Å². The highest BCUT2D eigenvalue weighted by atomic mass is 16.5. The average Bonchev–Trinajstić information content (AvgIpc) is 2.40. The SMILES string of the molecule is CCCOc1cccc(NC2CCCC(C)C2)c1N. The zero-order valence-electron chi connectivity index (χ0n) is 12.1. The first-order valence-corrected chi connectivity index (χ1v) is 7.48. The van der Waals surface area contributed by atoms with Crippen LogP contribution in [0.5, 0.6) is 5.75 Å². The van der Waals surface area contributed by atoms with Crippen molar-refractivity contribution in [2.75, 3.05) is 17.7 Å². The van der Waals surface area contributed by atoms with E-state index in [1.165, 1.54) is 25.7 Å². The van der Waals surface area contributed by atoms with Crippen LogP contribution in [0.15, 0.2) is 18.2 Å². The standard InChI is InChI=1S/C16H26N2O/c1-3-10-19-15-9-5-8-14(16(15)17)18-13-7-4-6-12(2)11-13/h5,8-9,12-13,18H,3-4,6-7,10-11,17H2,1-2H3. The summed E-state index contributed by atoms with van der Waals surface area (Å²) in [5.41, 5.74) is 7.95. The second-order valence-electron chi connectivity index (χ2n) is 5.68. The summed E-state index contributed by atoms with van der Waals surface area (Å²) in [7, 11) is 0. The smallest absolute Gasteiger partial charge is 0.144 e. The molecule has 1 aliphatic rings. The van der Waals surface area contributed by atoms with Crippen LogP contribution in [0.1, 0.15) is 46.0 Å². The number of rotatable bonds is 5. The van der Waals surface area contributed by atoms with Gasteiger partial charge in [0, 0.05) is 6.04 Å². The molecule has 0 bridgehead atoms. The first-order valence-electron chi connectivity index (χ1n) is 7.48. The van der Waals surface area contributed by atoms with Crippen molar-refractivity contribution in [2.24, 2.45) is 5.92 Å². The van der Waals surface area contributed by atoms with Crippen LogP contribution in [0.2, 0.25) is 0 Å². The second-order valence-corrected chi connectivity index (χ2v) is 5.68. The minimum Gasteiger partial charge on any atom is -0.491 e. The summed E-state index contributed by atoms with van der Waals surface area (Å²) < 4.78 is 5.67. The van der Waals surface area contributed by atoms with Crippen molar-refractivity contribution in [3.8, 4) is 5.75 Å². The Morgan fingerprint density at radius 2 is 2.21 bits per heavy atom. The summed E-state index contributed by atoms with van der Waals surface area (Å²) in [5, 5.41) is 3.59. The number of ether oxygens (including phenoxy) is 1. The average molecular weight is 262 g/mol. The molecule has 2 atom stereocenters. The maximum atomic E-state index is 6.19. The summed E-state index contributed by atoms with van der Waals surface area (Å²) in [4.78, 5) is 0. The summed E-state index contributed by atoms with van der Waals surface area (Å²) in [5.74, 6) is 1.61. The predicted octanol–water partition coefficient (Wildman–Crippen LogP) is 4.05. The monoisotopic (exact) mass is 262 g/mol. The largest absolute Gasteiger partial charge is 0.491 e. The van der Waals surface area contributed by atoms with E-state index in [2.05, 4.69) is 19.2 Å². The van der Waals surface area contributed by atoms with Crippen molar-refractivity contribution in [1.29, 1.82) is 0 Å². The molecule has 1 fully saturated rings. The van der Waals surface area contributed by atoms with E-state index in [0.717, 1.165) is 29.5 Å². The molecule has 3 heteroatoms. The molecule has 1 saturated carbocycles. The molecule has 0 amide bonds. The fourth-order valence-corrected chi connectivity index (χ4v) is 2.79. The molecule has 0 aromatic heterocycles. The number of nitrogen functional groups attached to an aromatic ring is 1. The Morgan fingerprint density at radius 3 is 2.95 bits per heavy atom. The number of nitrogens with two attached hydrogens (primary N) is 1. The lowest BCUT2D eigenvalue weighted by Gasteiger charge is -2.29. The van der Waals surface area contributed by atoms with E-state index in [-0.39, 0.29) is 0 Å². The summed E-state index contributed by atoms with van der Waals surface area (Å²) >= 11 is 0. The highest BCUT2D eigenvalue weighted by molar-refractivity contribution is 5.73. The van der Waals surface area contributed by atoms with E-state index < -0.39 is 0 Å². The van der Waals surface area contributed by atoms with Gasteiger partial charge in [0.1, 0.15) is 5.75 Å². The van der Waals surface area contributed by atoms with Gasteiger partial charge < -0.3 is 15.8 Å². The Kier molecular flexibility index (Phi) is 4.94. The minimum atomic E-state index is 0.549. The topological polar surface area (TPSA) is 47.3 Å². The quantitative estimate of drug-likeness (QED) is 0.787. The Balaban J connectivity index is 2.03. The van der Waals surface area contributed by atoms with Gasteiger partial charge in [0.15, 0.2) is 0 Å². The van der Waals surface area contributed by atoms with Gasteiger partial charge in [0.05, 0.1) is 18.0 Å². The third kappa shape index (κ3) is 3.79. The third-order valence-electron chi connectivity index (χ3n) is 3.82. The number of nitrogens with one attached hydrogen (secondary N) is 1. The molecule has 2 rings (SSSR count). The van der Waals surface area contributed by atoms with Crippen molar-refractivity contribution < 1.29 is 4.74 Å².